The summed E-state index contributed by atoms with van der Waals surface area (Å²) in [6, 6.07) is 0. The summed E-state index contributed by atoms with van der Waals surface area (Å²) < 4.78 is 0. The van der Waals surface area contributed by atoms with Crippen LogP contribution in [-0.4, -0.2) is 18.8 Å². The van der Waals surface area contributed by atoms with Crippen LogP contribution in [0.3, 0.4) is 0 Å². The second-order valence-corrected chi connectivity index (χ2v) is 3.49. The number of rotatable bonds is 2. The van der Waals surface area contributed by atoms with Gasteiger partial charge in [-0.15, -0.1) is 0 Å². The van der Waals surface area contributed by atoms with Crippen LogP contribution in [0.5, 0.6) is 0 Å². The van der Waals surface area contributed by atoms with Gasteiger partial charge in [0.2, 0.25) is 5.91 Å². The van der Waals surface area contributed by atoms with Gasteiger partial charge in [-0.1, -0.05) is 20.8 Å². The maximum absolute atomic E-state index is 10.8. The van der Waals surface area contributed by atoms with Crippen LogP contribution in [0.25, 0.3) is 0 Å². The van der Waals surface area contributed by atoms with Crippen molar-refractivity contribution in [1.29, 1.82) is 0 Å². The second-order valence-electron chi connectivity index (χ2n) is 3.49. The maximum atomic E-state index is 10.8. The van der Waals surface area contributed by atoms with Gasteiger partial charge in [0, 0.05) is 19.4 Å². The first kappa shape index (κ1) is 11.1. The minimum Gasteiger partial charge on any atom is -0.314 e. The highest BCUT2D eigenvalue weighted by atomic mass is 16.1. The van der Waals surface area contributed by atoms with Gasteiger partial charge < -0.3 is 5.32 Å². The average Bonchev–Trinajstić information content (AvgIpc) is 1.99. The molecule has 0 spiro atoms. The molecule has 0 fully saturated rings. The molecule has 0 aromatic heterocycles. The summed E-state index contributed by atoms with van der Waals surface area (Å²) in [5.41, 5.74) is -0.0413. The van der Waals surface area contributed by atoms with E-state index in [1.807, 2.05) is 0 Å². The van der Waals surface area contributed by atoms with E-state index in [0.29, 0.717) is 0 Å². The van der Waals surface area contributed by atoms with E-state index in [1.54, 1.807) is 7.05 Å². The standard InChI is InChI=1S/C9H18N2O/c1-6-9(3,4)8(10-5)11-7(2)12/h6H2,1-5H3,(H,10,11,12). The first-order valence-electron chi connectivity index (χ1n) is 4.19. The van der Waals surface area contributed by atoms with Gasteiger partial charge in [0.25, 0.3) is 0 Å². The van der Waals surface area contributed by atoms with Gasteiger partial charge in [0.05, 0.1) is 0 Å². The number of carbonyl (C=O) groups is 1. The molecule has 0 aromatic rings. The van der Waals surface area contributed by atoms with Gasteiger partial charge in [-0.05, 0) is 6.42 Å². The molecule has 0 saturated carbocycles. The van der Waals surface area contributed by atoms with Gasteiger partial charge >= 0.3 is 0 Å². The van der Waals surface area contributed by atoms with Crippen molar-refractivity contribution in [2.24, 2.45) is 10.4 Å². The summed E-state index contributed by atoms with van der Waals surface area (Å²) in [6.45, 7) is 7.69. The minimum absolute atomic E-state index is 0.0413. The summed E-state index contributed by atoms with van der Waals surface area (Å²) in [5.74, 6) is 0.703. The number of hydrogen-bond acceptors (Lipinski definition) is 2. The average molecular weight is 170 g/mol. The van der Waals surface area contributed by atoms with Gasteiger partial charge in [-0.3, -0.25) is 9.79 Å². The van der Waals surface area contributed by atoms with Crippen molar-refractivity contribution in [2.45, 2.75) is 34.1 Å². The molecule has 3 heteroatoms. The van der Waals surface area contributed by atoms with E-state index < -0.39 is 0 Å². The Balaban J connectivity index is 4.47. The van der Waals surface area contributed by atoms with E-state index in [1.165, 1.54) is 6.92 Å². The first-order chi connectivity index (χ1) is 5.44. The fourth-order valence-corrected chi connectivity index (χ4v) is 0.862. The quantitative estimate of drug-likeness (QED) is 0.496. The Bertz CT molecular complexity index is 195. The third-order valence-electron chi connectivity index (χ3n) is 2.04. The monoisotopic (exact) mass is 170 g/mol. The van der Waals surface area contributed by atoms with Crippen LogP contribution < -0.4 is 5.32 Å². The van der Waals surface area contributed by atoms with E-state index in [4.69, 9.17) is 0 Å². The third kappa shape index (κ3) is 3.03. The van der Waals surface area contributed by atoms with Crippen LogP contribution >= 0.6 is 0 Å². The molecule has 0 aliphatic carbocycles. The molecule has 0 aromatic carbocycles. The van der Waals surface area contributed by atoms with Gasteiger partial charge in [0.15, 0.2) is 0 Å². The molecule has 0 heterocycles. The predicted molar refractivity (Wildman–Crippen MR) is 51.2 cm³/mol. The van der Waals surface area contributed by atoms with Crippen molar-refractivity contribution in [3.8, 4) is 0 Å². The molecule has 3 nitrogen and oxygen atoms in total. The second kappa shape index (κ2) is 4.24. The number of nitrogens with one attached hydrogen (secondary N) is 1. The Morgan fingerprint density at radius 2 is 2.00 bits per heavy atom. The fourth-order valence-electron chi connectivity index (χ4n) is 0.862. The molecule has 0 bridgehead atoms. The van der Waals surface area contributed by atoms with Crippen LogP contribution in [0.2, 0.25) is 0 Å². The normalized spacial score (nSPS) is 12.9. The Labute approximate surface area is 74.3 Å². The summed E-state index contributed by atoms with van der Waals surface area (Å²) in [7, 11) is 1.70. The molecule has 0 atom stereocenters. The molecule has 0 radical (unpaired) electrons. The highest BCUT2D eigenvalue weighted by Gasteiger charge is 2.22. The van der Waals surface area contributed by atoms with Crippen molar-refractivity contribution in [1.82, 2.24) is 5.32 Å². The Morgan fingerprint density at radius 3 is 2.25 bits per heavy atom. The summed E-state index contributed by atoms with van der Waals surface area (Å²) >= 11 is 0. The van der Waals surface area contributed by atoms with Crippen LogP contribution in [0.1, 0.15) is 34.1 Å². The topological polar surface area (TPSA) is 41.5 Å². The molecule has 70 valence electrons. The number of nitrogens with zero attached hydrogens (tertiary/aromatic N) is 1. The van der Waals surface area contributed by atoms with E-state index in [9.17, 15) is 4.79 Å². The van der Waals surface area contributed by atoms with Crippen molar-refractivity contribution >= 4 is 11.7 Å². The molecule has 0 rings (SSSR count). The molecule has 12 heavy (non-hydrogen) atoms. The smallest absolute Gasteiger partial charge is 0.222 e. The van der Waals surface area contributed by atoms with Crippen LogP contribution in [-0.2, 0) is 4.79 Å². The highest BCUT2D eigenvalue weighted by Crippen LogP contribution is 2.20. The van der Waals surface area contributed by atoms with E-state index in [0.717, 1.165) is 12.3 Å². The van der Waals surface area contributed by atoms with E-state index >= 15 is 0 Å². The maximum Gasteiger partial charge on any atom is 0.222 e. The lowest BCUT2D eigenvalue weighted by molar-refractivity contribution is -0.117. The molecule has 0 aliphatic heterocycles. The lowest BCUT2D eigenvalue weighted by atomic mass is 9.88. The number of aliphatic imine (C=N–C) groups is 1. The lowest BCUT2D eigenvalue weighted by Gasteiger charge is -2.24. The summed E-state index contributed by atoms with van der Waals surface area (Å²) in [4.78, 5) is 14.8. The summed E-state index contributed by atoms with van der Waals surface area (Å²) in [5, 5.41) is 2.73. The lowest BCUT2D eigenvalue weighted by Crippen LogP contribution is -2.39. The summed E-state index contributed by atoms with van der Waals surface area (Å²) in [6.07, 6.45) is 0.958. The number of amides is 1. The van der Waals surface area contributed by atoms with Crippen molar-refractivity contribution in [2.75, 3.05) is 7.05 Å². The van der Waals surface area contributed by atoms with Crippen molar-refractivity contribution < 1.29 is 4.79 Å². The molecular weight excluding hydrogens is 152 g/mol. The zero-order chi connectivity index (χ0) is 9.78. The third-order valence-corrected chi connectivity index (χ3v) is 2.04. The fraction of sp³-hybridized carbons (Fsp3) is 0.778. The first-order valence-corrected chi connectivity index (χ1v) is 4.19. The Morgan fingerprint density at radius 1 is 1.50 bits per heavy atom. The molecular formula is C9H18N2O. The zero-order valence-corrected chi connectivity index (χ0v) is 8.56. The largest absolute Gasteiger partial charge is 0.314 e. The highest BCUT2D eigenvalue weighted by molar-refractivity contribution is 5.99. The molecule has 1 N–H and O–H groups in total. The number of carbonyl (C=O) groups excluding carboxylic acids is 1. The zero-order valence-electron chi connectivity index (χ0n) is 8.56. The van der Waals surface area contributed by atoms with E-state index in [-0.39, 0.29) is 11.3 Å². The SMILES string of the molecule is CCC(C)(C)C(=NC)NC(C)=O. The van der Waals surface area contributed by atoms with Crippen molar-refractivity contribution in [3.05, 3.63) is 0 Å². The molecule has 0 saturated heterocycles. The number of amidine groups is 1. The van der Waals surface area contributed by atoms with Crippen molar-refractivity contribution in [3.63, 3.8) is 0 Å². The van der Waals surface area contributed by atoms with Crippen LogP contribution in [0, 0.1) is 5.41 Å². The van der Waals surface area contributed by atoms with Gasteiger partial charge in [-0.2, -0.15) is 0 Å². The van der Waals surface area contributed by atoms with Gasteiger partial charge in [-0.25, -0.2) is 0 Å². The molecule has 0 unspecified atom stereocenters. The van der Waals surface area contributed by atoms with Crippen LogP contribution in [0.15, 0.2) is 4.99 Å². The molecule has 0 aliphatic rings. The van der Waals surface area contributed by atoms with Gasteiger partial charge in [0.1, 0.15) is 5.84 Å². The minimum atomic E-state index is -0.0582. The Kier molecular flexibility index (Phi) is 3.93. The molecule has 1 amide bonds. The number of hydrogen-bond donors (Lipinski definition) is 1. The van der Waals surface area contributed by atoms with Crippen LogP contribution in [0.4, 0.5) is 0 Å². The Hall–Kier alpha value is -0.860. The van der Waals surface area contributed by atoms with E-state index in [2.05, 4.69) is 31.1 Å². The predicted octanol–water partition coefficient (Wildman–Crippen LogP) is 1.59.